The molecule has 29 heavy (non-hydrogen) atoms. The minimum Gasteiger partial charge on any atom is -0.545 e. The van der Waals surface area contributed by atoms with Crippen molar-refractivity contribution in [3.63, 3.8) is 0 Å². The first kappa shape index (κ1) is 18.9. The van der Waals surface area contributed by atoms with Crippen molar-refractivity contribution < 1.29 is 24.3 Å². The summed E-state index contributed by atoms with van der Waals surface area (Å²) in [6.45, 7) is 0. The number of nitrogens with zero attached hydrogens (tertiary/aromatic N) is 1. The van der Waals surface area contributed by atoms with E-state index in [0.717, 1.165) is 25.7 Å². The second-order valence-electron chi connectivity index (χ2n) is 7.38. The number of fused-ring (bicyclic) bond motifs is 1. The molecule has 1 N–H and O–H groups in total. The molecule has 2 aromatic rings. The second-order valence-corrected chi connectivity index (χ2v) is 7.38. The fourth-order valence-electron chi connectivity index (χ4n) is 4.10. The number of hydrogen-bond acceptors (Lipinski definition) is 5. The van der Waals surface area contributed by atoms with E-state index in [1.165, 1.54) is 35.2 Å². The molecule has 0 spiro atoms. The number of carboxylic acid groups (broad SMARTS) is 1. The molecule has 1 aliphatic heterocycles. The summed E-state index contributed by atoms with van der Waals surface area (Å²) in [4.78, 5) is 50.1. The Morgan fingerprint density at radius 1 is 0.897 bits per heavy atom. The van der Waals surface area contributed by atoms with Gasteiger partial charge in [0.25, 0.3) is 5.91 Å². The number of rotatable bonds is 4. The first-order valence-electron chi connectivity index (χ1n) is 9.56. The number of imide groups is 1. The smallest absolute Gasteiger partial charge is 0.255 e. The highest BCUT2D eigenvalue weighted by molar-refractivity contribution is 6.22. The summed E-state index contributed by atoms with van der Waals surface area (Å²) >= 11 is 0. The lowest BCUT2D eigenvalue weighted by Gasteiger charge is -2.19. The number of carboxylic acids is 1. The summed E-state index contributed by atoms with van der Waals surface area (Å²) in [5, 5.41) is 13.5. The maximum atomic E-state index is 12.8. The average Bonchev–Trinajstić information content (AvgIpc) is 2.99. The Kier molecular flexibility index (Phi) is 4.88. The van der Waals surface area contributed by atoms with Gasteiger partial charge in [-0.25, -0.2) is 0 Å². The van der Waals surface area contributed by atoms with Crippen LogP contribution in [0.3, 0.4) is 0 Å². The zero-order valence-electron chi connectivity index (χ0n) is 15.6. The summed E-state index contributed by atoms with van der Waals surface area (Å²) in [5.41, 5.74) is 1.12. The van der Waals surface area contributed by atoms with E-state index >= 15 is 0 Å². The van der Waals surface area contributed by atoms with Gasteiger partial charge in [0.2, 0.25) is 11.8 Å². The zero-order chi connectivity index (χ0) is 20.5. The molecule has 7 nitrogen and oxygen atoms in total. The maximum Gasteiger partial charge on any atom is 0.255 e. The van der Waals surface area contributed by atoms with E-state index in [-0.39, 0.29) is 29.2 Å². The molecule has 0 radical (unpaired) electrons. The van der Waals surface area contributed by atoms with Crippen LogP contribution in [0.4, 0.5) is 11.4 Å². The third-order valence-electron chi connectivity index (χ3n) is 5.59. The van der Waals surface area contributed by atoms with Crippen molar-refractivity contribution in [2.45, 2.75) is 25.7 Å². The number of carbonyl (C=O) groups is 4. The van der Waals surface area contributed by atoms with Crippen molar-refractivity contribution in [1.82, 2.24) is 0 Å². The molecule has 1 saturated heterocycles. The van der Waals surface area contributed by atoms with E-state index in [1.54, 1.807) is 18.2 Å². The van der Waals surface area contributed by atoms with E-state index in [2.05, 4.69) is 5.32 Å². The molecule has 3 amide bonds. The summed E-state index contributed by atoms with van der Waals surface area (Å²) < 4.78 is 0. The van der Waals surface area contributed by atoms with Crippen LogP contribution >= 0.6 is 0 Å². The van der Waals surface area contributed by atoms with Crippen molar-refractivity contribution in [1.29, 1.82) is 0 Å². The Labute approximate surface area is 167 Å². The van der Waals surface area contributed by atoms with Gasteiger partial charge in [0.05, 0.1) is 23.5 Å². The summed E-state index contributed by atoms with van der Waals surface area (Å²) in [6, 6.07) is 12.0. The lowest BCUT2D eigenvalue weighted by Crippen LogP contribution is -2.31. The van der Waals surface area contributed by atoms with E-state index in [9.17, 15) is 24.3 Å². The van der Waals surface area contributed by atoms with Crippen LogP contribution in [-0.2, 0) is 9.59 Å². The van der Waals surface area contributed by atoms with Crippen LogP contribution in [0.25, 0.3) is 0 Å². The van der Waals surface area contributed by atoms with Crippen molar-refractivity contribution in [3.8, 4) is 0 Å². The fraction of sp³-hybridized carbons (Fsp3) is 0.273. The highest BCUT2D eigenvalue weighted by Gasteiger charge is 2.48. The van der Waals surface area contributed by atoms with Crippen LogP contribution < -0.4 is 15.3 Å². The Bertz CT molecular complexity index is 975. The summed E-state index contributed by atoms with van der Waals surface area (Å²) in [5.74, 6) is -2.60. The van der Waals surface area contributed by atoms with E-state index in [4.69, 9.17) is 0 Å². The molecule has 1 heterocycles. The zero-order valence-corrected chi connectivity index (χ0v) is 15.6. The maximum absolute atomic E-state index is 12.8. The van der Waals surface area contributed by atoms with Crippen LogP contribution in [0, 0.1) is 11.8 Å². The molecule has 0 bridgehead atoms. The van der Waals surface area contributed by atoms with Crippen molar-refractivity contribution in [2.75, 3.05) is 10.2 Å². The predicted molar refractivity (Wildman–Crippen MR) is 103 cm³/mol. The molecule has 1 saturated carbocycles. The SMILES string of the molecule is O=C([O-])c1ccc(NC(=O)c2cccc(N3C(=O)[C@H]4CCCC[C@H]4C3=O)c2)cc1. The van der Waals surface area contributed by atoms with Crippen LogP contribution in [0.5, 0.6) is 0 Å². The molecule has 0 unspecified atom stereocenters. The van der Waals surface area contributed by atoms with Crippen molar-refractivity contribution in [2.24, 2.45) is 11.8 Å². The lowest BCUT2D eigenvalue weighted by atomic mass is 9.81. The third kappa shape index (κ3) is 3.51. The highest BCUT2D eigenvalue weighted by Crippen LogP contribution is 2.40. The molecule has 2 aromatic carbocycles. The highest BCUT2D eigenvalue weighted by atomic mass is 16.4. The molecule has 2 atom stereocenters. The molecular formula is C22H19N2O5-. The molecule has 148 valence electrons. The largest absolute Gasteiger partial charge is 0.545 e. The second kappa shape index (κ2) is 7.50. The average molecular weight is 391 g/mol. The van der Waals surface area contributed by atoms with Gasteiger partial charge < -0.3 is 15.2 Å². The van der Waals surface area contributed by atoms with Crippen LogP contribution in [0.2, 0.25) is 0 Å². The third-order valence-corrected chi connectivity index (χ3v) is 5.59. The Morgan fingerprint density at radius 3 is 2.10 bits per heavy atom. The Morgan fingerprint density at radius 2 is 1.52 bits per heavy atom. The van der Waals surface area contributed by atoms with Gasteiger partial charge in [-0.1, -0.05) is 31.0 Å². The van der Waals surface area contributed by atoms with Crippen LogP contribution in [-0.4, -0.2) is 23.7 Å². The number of benzene rings is 2. The molecule has 7 heteroatoms. The molecule has 0 aromatic heterocycles. The molecule has 2 fully saturated rings. The Balaban J connectivity index is 1.54. The van der Waals surface area contributed by atoms with Crippen molar-refractivity contribution in [3.05, 3.63) is 59.7 Å². The van der Waals surface area contributed by atoms with Gasteiger partial charge in [-0.05, 0) is 48.7 Å². The quantitative estimate of drug-likeness (QED) is 0.802. The number of hydrogen-bond donors (Lipinski definition) is 1. The number of anilines is 2. The van der Waals surface area contributed by atoms with Gasteiger partial charge in [0.15, 0.2) is 0 Å². The molecule has 2 aliphatic rings. The van der Waals surface area contributed by atoms with E-state index < -0.39 is 11.9 Å². The summed E-state index contributed by atoms with van der Waals surface area (Å²) in [6.07, 6.45) is 3.36. The molecule has 4 rings (SSSR count). The lowest BCUT2D eigenvalue weighted by molar-refractivity contribution is -0.255. The van der Waals surface area contributed by atoms with Gasteiger partial charge in [0.1, 0.15) is 0 Å². The van der Waals surface area contributed by atoms with E-state index in [1.807, 2.05) is 0 Å². The van der Waals surface area contributed by atoms with Gasteiger partial charge in [-0.3, -0.25) is 19.3 Å². The van der Waals surface area contributed by atoms with Crippen molar-refractivity contribution >= 4 is 35.1 Å². The van der Waals surface area contributed by atoms with E-state index in [0.29, 0.717) is 16.9 Å². The first-order chi connectivity index (χ1) is 14.0. The normalized spacial score (nSPS) is 21.0. The fourth-order valence-corrected chi connectivity index (χ4v) is 4.10. The van der Waals surface area contributed by atoms with Gasteiger partial charge in [-0.2, -0.15) is 0 Å². The van der Waals surface area contributed by atoms with Gasteiger partial charge >= 0.3 is 0 Å². The minimum atomic E-state index is -1.30. The predicted octanol–water partition coefficient (Wildman–Crippen LogP) is 1.98. The summed E-state index contributed by atoms with van der Waals surface area (Å²) in [7, 11) is 0. The topological polar surface area (TPSA) is 107 Å². The van der Waals surface area contributed by atoms with Gasteiger partial charge in [0, 0.05) is 11.3 Å². The van der Waals surface area contributed by atoms with Gasteiger partial charge in [-0.15, -0.1) is 0 Å². The molecular weight excluding hydrogens is 372 g/mol. The van der Waals surface area contributed by atoms with Crippen LogP contribution in [0.1, 0.15) is 46.4 Å². The first-order valence-corrected chi connectivity index (χ1v) is 9.56. The van der Waals surface area contributed by atoms with Crippen LogP contribution in [0.15, 0.2) is 48.5 Å². The standard InChI is InChI=1S/C22H20N2O5/c25-19(23-15-10-8-13(9-11-15)22(28)29)14-4-3-5-16(12-14)24-20(26)17-6-1-2-7-18(17)21(24)27/h3-5,8-12,17-18H,1-2,6-7H2,(H,23,25)(H,28,29)/p-1/t17-,18+. The Hall–Kier alpha value is -3.48. The number of amides is 3. The number of nitrogens with one attached hydrogen (secondary N) is 1. The number of aromatic carboxylic acids is 1. The molecule has 1 aliphatic carbocycles. The minimum absolute atomic E-state index is 0.0116. The monoisotopic (exact) mass is 391 g/mol. The number of carbonyl (C=O) groups excluding carboxylic acids is 4.